The van der Waals surface area contributed by atoms with Gasteiger partial charge in [0.05, 0.1) is 5.69 Å². The summed E-state index contributed by atoms with van der Waals surface area (Å²) < 4.78 is 5.20. The van der Waals surface area contributed by atoms with E-state index in [2.05, 4.69) is 15.0 Å². The number of fused-ring (bicyclic) bond motifs is 3. The number of anilines is 2. The lowest BCUT2D eigenvalue weighted by Crippen LogP contribution is -2.32. The fourth-order valence-corrected chi connectivity index (χ4v) is 2.40. The van der Waals surface area contributed by atoms with E-state index in [9.17, 15) is 4.79 Å². The van der Waals surface area contributed by atoms with Gasteiger partial charge >= 0.3 is 6.09 Å². The highest BCUT2D eigenvalue weighted by Gasteiger charge is 2.30. The summed E-state index contributed by atoms with van der Waals surface area (Å²) in [4.78, 5) is 25.2. The largest absolute Gasteiger partial charge is 0.444 e. The van der Waals surface area contributed by atoms with Gasteiger partial charge in [-0.15, -0.1) is 0 Å². The lowest BCUT2D eigenvalue weighted by Gasteiger charge is -2.28. The van der Waals surface area contributed by atoms with Gasteiger partial charge in [0.15, 0.2) is 5.65 Å². The third-order valence-corrected chi connectivity index (χ3v) is 3.27. The second-order valence-electron chi connectivity index (χ2n) is 4.45. The van der Waals surface area contributed by atoms with E-state index < -0.39 is 6.09 Å². The minimum Gasteiger partial charge on any atom is -0.444 e. The van der Waals surface area contributed by atoms with Crippen LogP contribution >= 0.6 is 0 Å². The van der Waals surface area contributed by atoms with Crippen LogP contribution in [-0.2, 0) is 11.3 Å². The molecule has 20 heavy (non-hydrogen) atoms. The number of cyclic esters (lactones) is 1. The third kappa shape index (κ3) is 1.48. The molecule has 0 spiro atoms. The van der Waals surface area contributed by atoms with Gasteiger partial charge in [-0.2, -0.15) is 0 Å². The first-order valence-electron chi connectivity index (χ1n) is 6.17. The van der Waals surface area contributed by atoms with E-state index in [0.717, 1.165) is 16.6 Å². The maximum absolute atomic E-state index is 12.1. The molecule has 0 saturated carbocycles. The smallest absolute Gasteiger partial charge is 0.420 e. The van der Waals surface area contributed by atoms with Crippen LogP contribution in [0, 0.1) is 0 Å². The topological polar surface area (TPSA) is 71.1 Å². The molecule has 4 heterocycles. The number of nitrogens with one attached hydrogen (secondary N) is 1. The Labute approximate surface area is 114 Å². The quantitative estimate of drug-likeness (QED) is 0.735. The van der Waals surface area contributed by atoms with E-state index in [-0.39, 0.29) is 6.61 Å². The molecular weight excluding hydrogens is 256 g/mol. The third-order valence-electron chi connectivity index (χ3n) is 3.27. The van der Waals surface area contributed by atoms with E-state index in [0.29, 0.717) is 11.5 Å². The number of hydrogen-bond donors (Lipinski definition) is 1. The number of rotatable bonds is 1. The summed E-state index contributed by atoms with van der Waals surface area (Å²) in [5, 5.41) is 0.830. The van der Waals surface area contributed by atoms with Gasteiger partial charge in [0, 0.05) is 29.5 Å². The summed E-state index contributed by atoms with van der Waals surface area (Å²) in [6.45, 7) is 0.225. The van der Waals surface area contributed by atoms with Crippen LogP contribution in [0.1, 0.15) is 5.56 Å². The van der Waals surface area contributed by atoms with Gasteiger partial charge in [-0.3, -0.25) is 0 Å². The Morgan fingerprint density at radius 1 is 1.25 bits per heavy atom. The fourth-order valence-electron chi connectivity index (χ4n) is 2.40. The van der Waals surface area contributed by atoms with Crippen LogP contribution in [0.2, 0.25) is 0 Å². The number of carbonyl (C=O) groups is 1. The van der Waals surface area contributed by atoms with Crippen molar-refractivity contribution in [3.63, 3.8) is 0 Å². The molecule has 0 saturated heterocycles. The van der Waals surface area contributed by atoms with Gasteiger partial charge in [0.1, 0.15) is 12.4 Å². The molecule has 0 unspecified atom stereocenters. The van der Waals surface area contributed by atoms with Crippen LogP contribution in [0.25, 0.3) is 11.0 Å². The van der Waals surface area contributed by atoms with Gasteiger partial charge in [0.25, 0.3) is 0 Å². The first kappa shape index (κ1) is 11.0. The molecule has 98 valence electrons. The van der Waals surface area contributed by atoms with Crippen LogP contribution < -0.4 is 4.90 Å². The van der Waals surface area contributed by atoms with Crippen molar-refractivity contribution in [3.8, 4) is 0 Å². The summed E-state index contributed by atoms with van der Waals surface area (Å²) in [5.74, 6) is 0.660. The van der Waals surface area contributed by atoms with Gasteiger partial charge in [0.2, 0.25) is 0 Å². The molecule has 4 rings (SSSR count). The molecule has 0 bridgehead atoms. The monoisotopic (exact) mass is 266 g/mol. The fraction of sp³-hybridized carbons (Fsp3) is 0.0714. The molecule has 0 radical (unpaired) electrons. The van der Waals surface area contributed by atoms with Gasteiger partial charge in [-0.1, -0.05) is 0 Å². The first-order chi connectivity index (χ1) is 9.84. The molecule has 6 heteroatoms. The minimum absolute atomic E-state index is 0.225. The van der Waals surface area contributed by atoms with Crippen molar-refractivity contribution < 1.29 is 9.53 Å². The molecule has 0 aliphatic carbocycles. The number of aromatic nitrogens is 3. The molecule has 0 fully saturated rings. The SMILES string of the molecule is O=C1OCc2cnc3ncccc3c2N1c1ccc[nH]1. The van der Waals surface area contributed by atoms with Crippen molar-refractivity contribution in [2.24, 2.45) is 0 Å². The molecule has 0 aromatic carbocycles. The summed E-state index contributed by atoms with van der Waals surface area (Å²) in [5.41, 5.74) is 2.25. The van der Waals surface area contributed by atoms with Crippen molar-refractivity contribution in [2.75, 3.05) is 4.90 Å². The summed E-state index contributed by atoms with van der Waals surface area (Å²) in [6, 6.07) is 7.39. The standard InChI is InChI=1S/C14H10N4O2/c19-14-18(11-4-2-5-15-11)12-9(8-20-14)7-17-13-10(12)3-1-6-16-13/h1-7,15H,8H2. The van der Waals surface area contributed by atoms with Crippen molar-refractivity contribution in [1.29, 1.82) is 0 Å². The van der Waals surface area contributed by atoms with Crippen molar-refractivity contribution in [1.82, 2.24) is 15.0 Å². The molecule has 1 aliphatic heterocycles. The second-order valence-corrected chi connectivity index (χ2v) is 4.45. The van der Waals surface area contributed by atoms with Crippen LogP contribution in [0.4, 0.5) is 16.3 Å². The van der Waals surface area contributed by atoms with E-state index >= 15 is 0 Å². The molecule has 0 atom stereocenters. The van der Waals surface area contributed by atoms with E-state index in [1.165, 1.54) is 4.90 Å². The Bertz CT molecular complexity index is 798. The number of H-pyrrole nitrogens is 1. The highest BCUT2D eigenvalue weighted by molar-refractivity contribution is 6.06. The maximum Gasteiger partial charge on any atom is 0.420 e. The summed E-state index contributed by atoms with van der Waals surface area (Å²) in [7, 11) is 0. The van der Waals surface area contributed by atoms with Crippen LogP contribution in [0.15, 0.2) is 42.9 Å². The van der Waals surface area contributed by atoms with Crippen LogP contribution in [-0.4, -0.2) is 21.0 Å². The second kappa shape index (κ2) is 4.06. The lowest BCUT2D eigenvalue weighted by atomic mass is 10.1. The number of pyridine rings is 2. The molecular formula is C14H10N4O2. The Hall–Kier alpha value is -2.89. The van der Waals surface area contributed by atoms with E-state index in [4.69, 9.17) is 4.74 Å². The van der Waals surface area contributed by atoms with E-state index in [1.807, 2.05) is 24.3 Å². The van der Waals surface area contributed by atoms with Crippen molar-refractivity contribution >= 4 is 28.6 Å². The number of aromatic amines is 1. The Balaban J connectivity index is 2.04. The van der Waals surface area contributed by atoms with Crippen LogP contribution in [0.3, 0.4) is 0 Å². The van der Waals surface area contributed by atoms with Crippen molar-refractivity contribution in [2.45, 2.75) is 6.61 Å². The highest BCUT2D eigenvalue weighted by atomic mass is 16.6. The van der Waals surface area contributed by atoms with Crippen molar-refractivity contribution in [3.05, 3.63) is 48.4 Å². The number of nitrogens with zero attached hydrogens (tertiary/aromatic N) is 3. The van der Waals surface area contributed by atoms with E-state index in [1.54, 1.807) is 18.6 Å². The molecule has 1 aliphatic rings. The van der Waals surface area contributed by atoms with Crippen LogP contribution in [0.5, 0.6) is 0 Å². The number of amides is 1. The number of ether oxygens (including phenoxy) is 1. The van der Waals surface area contributed by atoms with Gasteiger partial charge < -0.3 is 9.72 Å². The predicted octanol–water partition coefficient (Wildman–Crippen LogP) is 2.75. The summed E-state index contributed by atoms with van der Waals surface area (Å²) >= 11 is 0. The zero-order valence-electron chi connectivity index (χ0n) is 10.4. The minimum atomic E-state index is -0.406. The zero-order chi connectivity index (χ0) is 13.5. The first-order valence-corrected chi connectivity index (χ1v) is 6.17. The van der Waals surface area contributed by atoms with Gasteiger partial charge in [-0.05, 0) is 24.3 Å². The number of hydrogen-bond acceptors (Lipinski definition) is 4. The average Bonchev–Trinajstić information content (AvgIpc) is 3.01. The van der Waals surface area contributed by atoms with Gasteiger partial charge in [-0.25, -0.2) is 19.7 Å². The maximum atomic E-state index is 12.1. The Morgan fingerprint density at radius 2 is 2.20 bits per heavy atom. The molecule has 3 aromatic heterocycles. The molecule has 1 N–H and O–H groups in total. The lowest BCUT2D eigenvalue weighted by molar-refractivity contribution is 0.145. The Morgan fingerprint density at radius 3 is 3.05 bits per heavy atom. The molecule has 1 amide bonds. The zero-order valence-corrected chi connectivity index (χ0v) is 10.4. The molecule has 3 aromatic rings. The normalized spacial score (nSPS) is 14.2. The number of carbonyl (C=O) groups excluding carboxylic acids is 1. The predicted molar refractivity (Wildman–Crippen MR) is 72.7 cm³/mol. The molecule has 6 nitrogen and oxygen atoms in total. The summed E-state index contributed by atoms with van der Waals surface area (Å²) in [6.07, 6.45) is 4.74. The average molecular weight is 266 g/mol. The Kier molecular flexibility index (Phi) is 2.23. The highest BCUT2D eigenvalue weighted by Crippen LogP contribution is 2.37.